The molecule has 0 radical (unpaired) electrons. The van der Waals surface area contributed by atoms with Gasteiger partial charge >= 0.3 is 0 Å². The Morgan fingerprint density at radius 1 is 1.38 bits per heavy atom. The van der Waals surface area contributed by atoms with E-state index in [0.29, 0.717) is 25.1 Å². The van der Waals surface area contributed by atoms with E-state index in [1.54, 1.807) is 11.0 Å². The van der Waals surface area contributed by atoms with Crippen molar-refractivity contribution in [1.29, 1.82) is 0 Å². The fourth-order valence-corrected chi connectivity index (χ4v) is 2.01. The number of furan rings is 1. The third kappa shape index (κ3) is 5.61. The van der Waals surface area contributed by atoms with E-state index < -0.39 is 0 Å². The Morgan fingerprint density at radius 2 is 2.14 bits per heavy atom. The van der Waals surface area contributed by atoms with Gasteiger partial charge in [0.2, 0.25) is 5.91 Å². The molecule has 1 unspecified atom stereocenters. The lowest BCUT2D eigenvalue weighted by atomic mass is 10.1. The second kappa shape index (κ2) is 9.21. The van der Waals surface area contributed by atoms with E-state index in [0.717, 1.165) is 19.3 Å². The van der Waals surface area contributed by atoms with E-state index in [2.05, 4.69) is 12.2 Å². The molecule has 1 atom stereocenters. The standard InChI is InChI=1S/C16H26N2O3/c1-4-6-9-17-15(19)7-10-18(13(3)5-2)16(20)14-8-11-21-12-14/h8,11-13H,4-7,9-10H2,1-3H3,(H,17,19). The molecule has 0 aliphatic heterocycles. The van der Waals surface area contributed by atoms with E-state index in [-0.39, 0.29) is 17.9 Å². The van der Waals surface area contributed by atoms with Crippen LogP contribution in [0.5, 0.6) is 0 Å². The van der Waals surface area contributed by atoms with Gasteiger partial charge in [0.25, 0.3) is 5.91 Å². The Labute approximate surface area is 126 Å². The van der Waals surface area contributed by atoms with Gasteiger partial charge in [0.15, 0.2) is 0 Å². The molecule has 5 heteroatoms. The number of amides is 2. The lowest BCUT2D eigenvalue weighted by Gasteiger charge is -2.28. The van der Waals surface area contributed by atoms with Gasteiger partial charge < -0.3 is 14.6 Å². The van der Waals surface area contributed by atoms with Gasteiger partial charge in [-0.2, -0.15) is 0 Å². The fourth-order valence-electron chi connectivity index (χ4n) is 2.01. The van der Waals surface area contributed by atoms with Crippen LogP contribution in [0.3, 0.4) is 0 Å². The summed E-state index contributed by atoms with van der Waals surface area (Å²) in [5, 5.41) is 2.87. The molecule has 5 nitrogen and oxygen atoms in total. The molecule has 1 heterocycles. The molecular formula is C16H26N2O3. The molecule has 1 N–H and O–H groups in total. The highest BCUT2D eigenvalue weighted by Gasteiger charge is 2.21. The van der Waals surface area contributed by atoms with Crippen LogP contribution in [-0.4, -0.2) is 35.8 Å². The van der Waals surface area contributed by atoms with Crippen LogP contribution in [0, 0.1) is 0 Å². The van der Waals surface area contributed by atoms with Crippen molar-refractivity contribution in [3.05, 3.63) is 24.2 Å². The van der Waals surface area contributed by atoms with Crippen molar-refractivity contribution in [3.8, 4) is 0 Å². The molecule has 0 aromatic carbocycles. The number of hydrogen-bond acceptors (Lipinski definition) is 3. The zero-order chi connectivity index (χ0) is 15.7. The predicted molar refractivity (Wildman–Crippen MR) is 82.0 cm³/mol. The summed E-state index contributed by atoms with van der Waals surface area (Å²) < 4.78 is 4.96. The summed E-state index contributed by atoms with van der Waals surface area (Å²) in [6.45, 7) is 7.24. The molecule has 2 amide bonds. The summed E-state index contributed by atoms with van der Waals surface area (Å²) in [6, 6.07) is 1.75. The van der Waals surface area contributed by atoms with E-state index in [1.807, 2.05) is 13.8 Å². The summed E-state index contributed by atoms with van der Waals surface area (Å²) in [4.78, 5) is 25.9. The summed E-state index contributed by atoms with van der Waals surface area (Å²) in [5.41, 5.74) is 0.529. The van der Waals surface area contributed by atoms with Gasteiger partial charge in [-0.25, -0.2) is 0 Å². The SMILES string of the molecule is CCCCNC(=O)CCN(C(=O)c1ccoc1)C(C)CC. The summed E-state index contributed by atoms with van der Waals surface area (Å²) in [5.74, 6) is -0.0868. The van der Waals surface area contributed by atoms with E-state index in [4.69, 9.17) is 4.42 Å². The Kier molecular flexibility index (Phi) is 7.58. The monoisotopic (exact) mass is 294 g/mol. The first kappa shape index (κ1) is 17.3. The van der Waals surface area contributed by atoms with Crippen LogP contribution in [0.1, 0.15) is 56.8 Å². The van der Waals surface area contributed by atoms with Gasteiger partial charge in [-0.05, 0) is 25.8 Å². The predicted octanol–water partition coefficient (Wildman–Crippen LogP) is 2.83. The summed E-state index contributed by atoms with van der Waals surface area (Å²) in [6.07, 6.45) is 6.14. The zero-order valence-corrected chi connectivity index (χ0v) is 13.2. The Balaban J connectivity index is 2.55. The lowest BCUT2D eigenvalue weighted by molar-refractivity contribution is -0.121. The minimum atomic E-state index is -0.0838. The smallest absolute Gasteiger partial charge is 0.257 e. The van der Waals surface area contributed by atoms with Crippen molar-refractivity contribution in [2.75, 3.05) is 13.1 Å². The third-order valence-electron chi connectivity index (χ3n) is 3.58. The molecule has 0 saturated heterocycles. The number of nitrogens with one attached hydrogen (secondary N) is 1. The topological polar surface area (TPSA) is 62.6 Å². The Hall–Kier alpha value is -1.78. The van der Waals surface area contributed by atoms with Gasteiger partial charge in [0.1, 0.15) is 6.26 Å². The first-order chi connectivity index (χ1) is 10.1. The van der Waals surface area contributed by atoms with Gasteiger partial charge in [-0.1, -0.05) is 20.3 Å². The van der Waals surface area contributed by atoms with Crippen molar-refractivity contribution < 1.29 is 14.0 Å². The highest BCUT2D eigenvalue weighted by atomic mass is 16.3. The first-order valence-electron chi connectivity index (χ1n) is 7.70. The van der Waals surface area contributed by atoms with Gasteiger partial charge in [0, 0.05) is 25.6 Å². The second-order valence-corrected chi connectivity index (χ2v) is 5.22. The number of nitrogens with zero attached hydrogens (tertiary/aromatic N) is 1. The van der Waals surface area contributed by atoms with Crippen LogP contribution in [-0.2, 0) is 4.79 Å². The molecule has 1 aromatic heterocycles. The zero-order valence-electron chi connectivity index (χ0n) is 13.2. The molecule has 0 aliphatic carbocycles. The van der Waals surface area contributed by atoms with Crippen molar-refractivity contribution >= 4 is 11.8 Å². The number of hydrogen-bond donors (Lipinski definition) is 1. The number of carbonyl (C=O) groups excluding carboxylic acids is 2. The molecule has 0 aliphatic rings. The molecule has 1 rings (SSSR count). The molecular weight excluding hydrogens is 268 g/mol. The average molecular weight is 294 g/mol. The molecule has 118 valence electrons. The van der Waals surface area contributed by atoms with Crippen molar-refractivity contribution in [2.45, 2.75) is 52.5 Å². The van der Waals surface area contributed by atoms with Crippen LogP contribution in [0.25, 0.3) is 0 Å². The van der Waals surface area contributed by atoms with E-state index in [1.165, 1.54) is 12.5 Å². The van der Waals surface area contributed by atoms with E-state index >= 15 is 0 Å². The lowest BCUT2D eigenvalue weighted by Crippen LogP contribution is -2.40. The maximum atomic E-state index is 12.4. The molecule has 0 saturated carbocycles. The fraction of sp³-hybridized carbons (Fsp3) is 0.625. The quantitative estimate of drug-likeness (QED) is 0.712. The first-order valence-corrected chi connectivity index (χ1v) is 7.70. The highest BCUT2D eigenvalue weighted by Crippen LogP contribution is 2.12. The van der Waals surface area contributed by atoms with Crippen molar-refractivity contribution in [1.82, 2.24) is 10.2 Å². The maximum absolute atomic E-state index is 12.4. The summed E-state index contributed by atoms with van der Waals surface area (Å²) >= 11 is 0. The van der Waals surface area contributed by atoms with Crippen LogP contribution < -0.4 is 5.32 Å². The number of rotatable bonds is 9. The van der Waals surface area contributed by atoms with Crippen LogP contribution in [0.2, 0.25) is 0 Å². The molecule has 1 aromatic rings. The van der Waals surface area contributed by atoms with Gasteiger partial charge in [-0.15, -0.1) is 0 Å². The average Bonchev–Trinajstić information content (AvgIpc) is 3.01. The summed E-state index contributed by atoms with van der Waals surface area (Å²) in [7, 11) is 0. The second-order valence-electron chi connectivity index (χ2n) is 5.22. The van der Waals surface area contributed by atoms with Crippen molar-refractivity contribution in [3.63, 3.8) is 0 Å². The van der Waals surface area contributed by atoms with Crippen LogP contribution in [0.15, 0.2) is 23.0 Å². The number of unbranched alkanes of at least 4 members (excludes halogenated alkanes) is 1. The third-order valence-corrected chi connectivity index (χ3v) is 3.58. The minimum absolute atomic E-state index is 0.00301. The molecule has 21 heavy (non-hydrogen) atoms. The van der Waals surface area contributed by atoms with E-state index in [9.17, 15) is 9.59 Å². The number of carbonyl (C=O) groups is 2. The Bertz CT molecular complexity index is 429. The van der Waals surface area contributed by atoms with Gasteiger partial charge in [-0.3, -0.25) is 9.59 Å². The minimum Gasteiger partial charge on any atom is -0.472 e. The Morgan fingerprint density at radius 3 is 2.71 bits per heavy atom. The van der Waals surface area contributed by atoms with Crippen LogP contribution in [0.4, 0.5) is 0 Å². The molecule has 0 bridgehead atoms. The largest absolute Gasteiger partial charge is 0.472 e. The van der Waals surface area contributed by atoms with Gasteiger partial charge in [0.05, 0.1) is 11.8 Å². The van der Waals surface area contributed by atoms with Crippen molar-refractivity contribution in [2.24, 2.45) is 0 Å². The maximum Gasteiger partial charge on any atom is 0.257 e. The normalized spacial score (nSPS) is 12.0. The van der Waals surface area contributed by atoms with Crippen LogP contribution >= 0.6 is 0 Å². The molecule has 0 fully saturated rings. The molecule has 0 spiro atoms. The highest BCUT2D eigenvalue weighted by molar-refractivity contribution is 5.94.